The molecule has 0 aromatic rings. The van der Waals surface area contributed by atoms with Gasteiger partial charge in [-0.15, -0.1) is 0 Å². The van der Waals surface area contributed by atoms with E-state index in [-0.39, 0.29) is 17.9 Å². The Balaban J connectivity index is 2.30. The van der Waals surface area contributed by atoms with E-state index in [1.54, 1.807) is 0 Å². The summed E-state index contributed by atoms with van der Waals surface area (Å²) in [5.41, 5.74) is 5.95. The number of carbonyl (C=O) groups is 1. The molecule has 1 fully saturated rings. The fourth-order valence-corrected chi connectivity index (χ4v) is 2.81. The van der Waals surface area contributed by atoms with Crippen molar-refractivity contribution in [2.45, 2.75) is 77.8 Å². The molecule has 1 aliphatic rings. The Morgan fingerprint density at radius 2 is 1.89 bits per heavy atom. The SMILES string of the molecule is CCCC1CCC(NC(=O)[C@@H](N)[C@@H](C)CC)CC1. The van der Waals surface area contributed by atoms with Gasteiger partial charge in [-0.05, 0) is 37.5 Å². The van der Waals surface area contributed by atoms with E-state index in [9.17, 15) is 4.79 Å². The quantitative estimate of drug-likeness (QED) is 0.766. The third-order valence-corrected chi connectivity index (χ3v) is 4.45. The number of nitrogens with two attached hydrogens (primary N) is 1. The molecule has 0 spiro atoms. The van der Waals surface area contributed by atoms with E-state index in [4.69, 9.17) is 5.73 Å². The van der Waals surface area contributed by atoms with Crippen LogP contribution in [0.15, 0.2) is 0 Å². The standard InChI is InChI=1S/C15H30N2O/c1-4-6-12-7-9-13(10-8-12)17-15(18)14(16)11(3)5-2/h11-14H,4-10,16H2,1-3H3,(H,17,18)/t11-,12?,13?,14-/m0/s1. The fourth-order valence-electron chi connectivity index (χ4n) is 2.81. The van der Waals surface area contributed by atoms with Crippen molar-refractivity contribution in [2.75, 3.05) is 0 Å². The molecule has 0 aliphatic heterocycles. The predicted octanol–water partition coefficient (Wildman–Crippen LogP) is 2.83. The molecule has 0 saturated heterocycles. The van der Waals surface area contributed by atoms with E-state index < -0.39 is 0 Å². The summed E-state index contributed by atoms with van der Waals surface area (Å²) in [6.07, 6.45) is 8.35. The molecule has 0 aromatic carbocycles. The summed E-state index contributed by atoms with van der Waals surface area (Å²) < 4.78 is 0. The second-order valence-corrected chi connectivity index (χ2v) is 5.93. The Labute approximate surface area is 112 Å². The monoisotopic (exact) mass is 254 g/mol. The van der Waals surface area contributed by atoms with Gasteiger partial charge in [0.2, 0.25) is 5.91 Å². The van der Waals surface area contributed by atoms with Crippen LogP contribution >= 0.6 is 0 Å². The molecule has 1 amide bonds. The number of rotatable bonds is 6. The Kier molecular flexibility index (Phi) is 6.69. The van der Waals surface area contributed by atoms with E-state index in [0.29, 0.717) is 6.04 Å². The van der Waals surface area contributed by atoms with E-state index in [2.05, 4.69) is 19.2 Å². The van der Waals surface area contributed by atoms with E-state index >= 15 is 0 Å². The smallest absolute Gasteiger partial charge is 0.237 e. The van der Waals surface area contributed by atoms with Crippen molar-refractivity contribution >= 4 is 5.91 Å². The number of hydrogen-bond donors (Lipinski definition) is 2. The minimum atomic E-state index is -0.344. The van der Waals surface area contributed by atoms with Gasteiger partial charge in [-0.25, -0.2) is 0 Å². The molecular formula is C15H30N2O. The first kappa shape index (κ1) is 15.5. The van der Waals surface area contributed by atoms with Crippen molar-refractivity contribution in [3.63, 3.8) is 0 Å². The lowest BCUT2D eigenvalue weighted by Crippen LogP contribution is -2.49. The molecule has 0 heterocycles. The van der Waals surface area contributed by atoms with Gasteiger partial charge in [-0.1, -0.05) is 40.0 Å². The minimum absolute atomic E-state index is 0.0447. The minimum Gasteiger partial charge on any atom is -0.352 e. The van der Waals surface area contributed by atoms with Crippen LogP contribution in [-0.4, -0.2) is 18.0 Å². The molecular weight excluding hydrogens is 224 g/mol. The van der Waals surface area contributed by atoms with E-state index in [0.717, 1.165) is 25.2 Å². The van der Waals surface area contributed by atoms with Gasteiger partial charge in [0.1, 0.15) is 0 Å². The average Bonchev–Trinajstić information content (AvgIpc) is 2.39. The van der Waals surface area contributed by atoms with Crippen LogP contribution in [0.3, 0.4) is 0 Å². The Bertz CT molecular complexity index is 247. The summed E-state index contributed by atoms with van der Waals surface area (Å²) in [5, 5.41) is 3.13. The van der Waals surface area contributed by atoms with Crippen LogP contribution in [-0.2, 0) is 4.79 Å². The van der Waals surface area contributed by atoms with Crippen molar-refractivity contribution < 1.29 is 4.79 Å². The van der Waals surface area contributed by atoms with Gasteiger partial charge in [-0.3, -0.25) is 4.79 Å². The summed E-state index contributed by atoms with van der Waals surface area (Å²) in [5.74, 6) is 1.19. The van der Waals surface area contributed by atoms with Gasteiger partial charge < -0.3 is 11.1 Å². The average molecular weight is 254 g/mol. The lowest BCUT2D eigenvalue weighted by molar-refractivity contribution is -0.124. The van der Waals surface area contributed by atoms with Crippen LogP contribution in [0.25, 0.3) is 0 Å². The molecule has 3 nitrogen and oxygen atoms in total. The zero-order valence-corrected chi connectivity index (χ0v) is 12.2. The molecule has 1 rings (SSSR count). The highest BCUT2D eigenvalue weighted by Crippen LogP contribution is 2.27. The van der Waals surface area contributed by atoms with Crippen molar-refractivity contribution in [1.82, 2.24) is 5.32 Å². The second kappa shape index (κ2) is 7.78. The molecule has 1 aliphatic carbocycles. The normalized spacial score (nSPS) is 27.6. The van der Waals surface area contributed by atoms with Crippen LogP contribution < -0.4 is 11.1 Å². The highest BCUT2D eigenvalue weighted by atomic mass is 16.2. The van der Waals surface area contributed by atoms with Gasteiger partial charge >= 0.3 is 0 Å². The van der Waals surface area contributed by atoms with Gasteiger partial charge in [0, 0.05) is 6.04 Å². The maximum atomic E-state index is 12.0. The van der Waals surface area contributed by atoms with Crippen LogP contribution in [0.4, 0.5) is 0 Å². The van der Waals surface area contributed by atoms with Crippen molar-refractivity contribution in [3.8, 4) is 0 Å². The Morgan fingerprint density at radius 1 is 1.28 bits per heavy atom. The number of nitrogens with one attached hydrogen (secondary N) is 1. The van der Waals surface area contributed by atoms with Crippen LogP contribution in [0.5, 0.6) is 0 Å². The second-order valence-electron chi connectivity index (χ2n) is 5.93. The molecule has 0 unspecified atom stereocenters. The summed E-state index contributed by atoms with van der Waals surface area (Å²) in [6, 6.07) is 0.0177. The molecule has 3 heteroatoms. The number of carbonyl (C=O) groups excluding carboxylic acids is 1. The maximum absolute atomic E-state index is 12.0. The Hall–Kier alpha value is -0.570. The zero-order valence-electron chi connectivity index (χ0n) is 12.2. The molecule has 0 aromatic heterocycles. The lowest BCUT2D eigenvalue weighted by atomic mass is 9.83. The lowest BCUT2D eigenvalue weighted by Gasteiger charge is -2.30. The third-order valence-electron chi connectivity index (χ3n) is 4.45. The molecule has 0 bridgehead atoms. The van der Waals surface area contributed by atoms with Crippen molar-refractivity contribution in [3.05, 3.63) is 0 Å². The van der Waals surface area contributed by atoms with Gasteiger partial charge in [-0.2, -0.15) is 0 Å². The molecule has 106 valence electrons. The van der Waals surface area contributed by atoms with Crippen LogP contribution in [0.2, 0.25) is 0 Å². The summed E-state index contributed by atoms with van der Waals surface area (Å²) in [7, 11) is 0. The highest BCUT2D eigenvalue weighted by molar-refractivity contribution is 5.82. The fraction of sp³-hybridized carbons (Fsp3) is 0.933. The van der Waals surface area contributed by atoms with Gasteiger partial charge in [0.05, 0.1) is 6.04 Å². The first-order valence-corrected chi connectivity index (χ1v) is 7.64. The molecule has 0 radical (unpaired) electrons. The summed E-state index contributed by atoms with van der Waals surface area (Å²) in [6.45, 7) is 6.37. The summed E-state index contributed by atoms with van der Waals surface area (Å²) >= 11 is 0. The molecule has 2 atom stereocenters. The van der Waals surface area contributed by atoms with Crippen LogP contribution in [0, 0.1) is 11.8 Å². The topological polar surface area (TPSA) is 55.1 Å². The first-order valence-electron chi connectivity index (χ1n) is 7.64. The first-order chi connectivity index (χ1) is 8.58. The zero-order chi connectivity index (χ0) is 13.5. The number of amides is 1. The van der Waals surface area contributed by atoms with Crippen molar-refractivity contribution in [2.24, 2.45) is 17.6 Å². The van der Waals surface area contributed by atoms with Gasteiger partial charge in [0.15, 0.2) is 0 Å². The summed E-state index contributed by atoms with van der Waals surface area (Å²) in [4.78, 5) is 12.0. The number of hydrogen-bond acceptors (Lipinski definition) is 2. The van der Waals surface area contributed by atoms with E-state index in [1.165, 1.54) is 25.7 Å². The van der Waals surface area contributed by atoms with E-state index in [1.807, 2.05) is 6.92 Å². The maximum Gasteiger partial charge on any atom is 0.237 e. The van der Waals surface area contributed by atoms with Crippen molar-refractivity contribution in [1.29, 1.82) is 0 Å². The molecule has 3 N–H and O–H groups in total. The third kappa shape index (κ3) is 4.60. The molecule has 1 saturated carbocycles. The molecule has 18 heavy (non-hydrogen) atoms. The Morgan fingerprint density at radius 3 is 2.39 bits per heavy atom. The van der Waals surface area contributed by atoms with Crippen LogP contribution in [0.1, 0.15) is 65.7 Å². The predicted molar refractivity (Wildman–Crippen MR) is 76.2 cm³/mol. The highest BCUT2D eigenvalue weighted by Gasteiger charge is 2.25. The largest absolute Gasteiger partial charge is 0.352 e. The van der Waals surface area contributed by atoms with Gasteiger partial charge in [0.25, 0.3) is 0 Å².